The Morgan fingerprint density at radius 1 is 1.19 bits per heavy atom. The van der Waals surface area contributed by atoms with E-state index in [0.717, 1.165) is 18.4 Å². The molecule has 1 fully saturated rings. The van der Waals surface area contributed by atoms with Crippen LogP contribution in [0.1, 0.15) is 35.8 Å². The molecule has 0 saturated carbocycles. The summed E-state index contributed by atoms with van der Waals surface area (Å²) in [7, 11) is 0. The predicted molar refractivity (Wildman–Crippen MR) is 114 cm³/mol. The highest BCUT2D eigenvalue weighted by Crippen LogP contribution is 2.28. The first-order valence-corrected chi connectivity index (χ1v) is 9.98. The number of carbonyl (C=O) groups is 1. The Bertz CT molecular complexity index is 1120. The van der Waals surface area contributed by atoms with Crippen molar-refractivity contribution < 1.29 is 14.3 Å². The zero-order chi connectivity index (χ0) is 21.6. The maximum atomic E-state index is 11.4. The van der Waals surface area contributed by atoms with E-state index in [0.29, 0.717) is 47.6 Å². The molecule has 0 amide bonds. The number of anilines is 2. The van der Waals surface area contributed by atoms with Gasteiger partial charge in [0.15, 0.2) is 5.78 Å². The zero-order valence-corrected chi connectivity index (χ0v) is 17.0. The Labute approximate surface area is 179 Å². The number of nitriles is 1. The third-order valence-electron chi connectivity index (χ3n) is 4.89. The molecule has 0 atom stereocenters. The maximum absolute atomic E-state index is 11.4. The number of hydrogen-bond acceptors (Lipinski definition) is 8. The first-order chi connectivity index (χ1) is 15.1. The molecule has 0 radical (unpaired) electrons. The van der Waals surface area contributed by atoms with Crippen LogP contribution in [0.15, 0.2) is 48.8 Å². The van der Waals surface area contributed by atoms with E-state index in [4.69, 9.17) is 9.47 Å². The molecule has 3 heterocycles. The molecule has 0 spiro atoms. The fourth-order valence-electron chi connectivity index (χ4n) is 3.24. The number of nitrogens with zero attached hydrogens (tertiary/aromatic N) is 4. The fraction of sp³-hybridized carbons (Fsp3) is 0.261. The van der Waals surface area contributed by atoms with Gasteiger partial charge in [0.05, 0.1) is 36.4 Å². The van der Waals surface area contributed by atoms with E-state index >= 15 is 0 Å². The van der Waals surface area contributed by atoms with Crippen LogP contribution in [-0.4, -0.2) is 40.1 Å². The van der Waals surface area contributed by atoms with Crippen molar-refractivity contribution in [3.8, 4) is 23.1 Å². The van der Waals surface area contributed by atoms with E-state index in [1.807, 2.05) is 12.1 Å². The number of rotatable bonds is 6. The monoisotopic (exact) mass is 415 g/mol. The van der Waals surface area contributed by atoms with Gasteiger partial charge in [-0.05, 0) is 36.4 Å². The molecule has 31 heavy (non-hydrogen) atoms. The molecule has 1 N–H and O–H groups in total. The number of benzene rings is 1. The molecule has 1 aliphatic heterocycles. The number of nitrogens with one attached hydrogen (secondary N) is 1. The number of pyridine rings is 1. The number of Topliss-reactive ketones (excluding diaryl/α,β-unsaturated/α-hetero) is 1. The Kier molecular flexibility index (Phi) is 6.15. The molecule has 1 aromatic carbocycles. The molecule has 0 aliphatic carbocycles. The lowest BCUT2D eigenvalue weighted by molar-refractivity contribution is 0.0254. The van der Waals surface area contributed by atoms with Gasteiger partial charge in [0, 0.05) is 31.5 Å². The lowest BCUT2D eigenvalue weighted by atomic mass is 10.1. The standard InChI is InChI=1S/C23H21N5O3/c1-15(29)20-4-3-18(14-26-20)27-23-25-9-6-21(28-23)16-2-5-22(17(12-16)13-24)31-19-7-10-30-11-8-19/h2-6,9,12,14,19H,7-8,10-11H2,1H3,(H,25,27,28). The van der Waals surface area contributed by atoms with E-state index in [1.54, 1.807) is 36.7 Å². The molecule has 4 rings (SSSR count). The minimum Gasteiger partial charge on any atom is -0.489 e. The molecular formula is C23H21N5O3. The lowest BCUT2D eigenvalue weighted by Crippen LogP contribution is -2.26. The maximum Gasteiger partial charge on any atom is 0.227 e. The number of carbonyl (C=O) groups excluding carboxylic acids is 1. The molecule has 1 aliphatic rings. The van der Waals surface area contributed by atoms with Gasteiger partial charge in [-0.15, -0.1) is 0 Å². The summed E-state index contributed by atoms with van der Waals surface area (Å²) in [6.07, 6.45) is 4.89. The van der Waals surface area contributed by atoms with Crippen LogP contribution in [0.4, 0.5) is 11.6 Å². The first-order valence-electron chi connectivity index (χ1n) is 9.98. The van der Waals surface area contributed by atoms with Gasteiger partial charge in [0.25, 0.3) is 0 Å². The molecular weight excluding hydrogens is 394 g/mol. The summed E-state index contributed by atoms with van der Waals surface area (Å²) in [6, 6.07) is 12.8. The van der Waals surface area contributed by atoms with Crippen LogP contribution < -0.4 is 10.1 Å². The summed E-state index contributed by atoms with van der Waals surface area (Å²) in [5, 5.41) is 12.7. The molecule has 0 bridgehead atoms. The number of aromatic nitrogens is 3. The van der Waals surface area contributed by atoms with Gasteiger partial charge in [0.2, 0.25) is 5.95 Å². The summed E-state index contributed by atoms with van der Waals surface area (Å²) in [6.45, 7) is 2.82. The molecule has 8 nitrogen and oxygen atoms in total. The van der Waals surface area contributed by atoms with Crippen molar-refractivity contribution in [2.24, 2.45) is 0 Å². The van der Waals surface area contributed by atoms with Crippen molar-refractivity contribution in [1.29, 1.82) is 5.26 Å². The van der Waals surface area contributed by atoms with Crippen LogP contribution in [0, 0.1) is 11.3 Å². The van der Waals surface area contributed by atoms with E-state index in [1.165, 1.54) is 6.92 Å². The predicted octanol–water partition coefficient (Wildman–Crippen LogP) is 3.91. The minimum absolute atomic E-state index is 0.0598. The smallest absolute Gasteiger partial charge is 0.227 e. The second-order valence-electron chi connectivity index (χ2n) is 7.13. The summed E-state index contributed by atoms with van der Waals surface area (Å²) in [4.78, 5) is 24.2. The molecule has 0 unspecified atom stereocenters. The summed E-state index contributed by atoms with van der Waals surface area (Å²) >= 11 is 0. The van der Waals surface area contributed by atoms with E-state index in [2.05, 4.69) is 26.3 Å². The fourth-order valence-corrected chi connectivity index (χ4v) is 3.24. The number of ether oxygens (including phenoxy) is 2. The van der Waals surface area contributed by atoms with Gasteiger partial charge in [-0.3, -0.25) is 9.78 Å². The number of hydrogen-bond donors (Lipinski definition) is 1. The third kappa shape index (κ3) is 5.02. The Balaban J connectivity index is 1.52. The minimum atomic E-state index is -0.0951. The molecule has 3 aromatic rings. The van der Waals surface area contributed by atoms with Crippen LogP contribution in [0.3, 0.4) is 0 Å². The average Bonchev–Trinajstić information content (AvgIpc) is 2.80. The van der Waals surface area contributed by atoms with Gasteiger partial charge < -0.3 is 14.8 Å². The summed E-state index contributed by atoms with van der Waals surface area (Å²) in [5.74, 6) is 0.862. The van der Waals surface area contributed by atoms with E-state index in [9.17, 15) is 10.1 Å². The molecule has 8 heteroatoms. The Hall–Kier alpha value is -3.83. The average molecular weight is 415 g/mol. The van der Waals surface area contributed by atoms with E-state index in [-0.39, 0.29) is 11.9 Å². The highest BCUT2D eigenvalue weighted by Gasteiger charge is 2.17. The molecule has 2 aromatic heterocycles. The van der Waals surface area contributed by atoms with Gasteiger partial charge >= 0.3 is 0 Å². The lowest BCUT2D eigenvalue weighted by Gasteiger charge is -2.23. The highest BCUT2D eigenvalue weighted by atomic mass is 16.5. The van der Waals surface area contributed by atoms with Crippen molar-refractivity contribution in [3.63, 3.8) is 0 Å². The molecule has 156 valence electrons. The van der Waals surface area contributed by atoms with Crippen LogP contribution in [0.5, 0.6) is 5.75 Å². The van der Waals surface area contributed by atoms with Gasteiger partial charge in [-0.2, -0.15) is 5.26 Å². The second kappa shape index (κ2) is 9.32. The normalized spacial score (nSPS) is 13.9. The number of ketones is 1. The second-order valence-corrected chi connectivity index (χ2v) is 7.13. The Morgan fingerprint density at radius 3 is 2.74 bits per heavy atom. The molecule has 1 saturated heterocycles. The van der Waals surface area contributed by atoms with Crippen molar-refractivity contribution in [2.75, 3.05) is 18.5 Å². The largest absolute Gasteiger partial charge is 0.489 e. The van der Waals surface area contributed by atoms with Crippen molar-refractivity contribution in [3.05, 3.63) is 60.0 Å². The van der Waals surface area contributed by atoms with Crippen LogP contribution in [-0.2, 0) is 4.74 Å². The quantitative estimate of drug-likeness (QED) is 0.603. The third-order valence-corrected chi connectivity index (χ3v) is 4.89. The highest BCUT2D eigenvalue weighted by molar-refractivity contribution is 5.92. The summed E-state index contributed by atoms with van der Waals surface area (Å²) < 4.78 is 11.4. The SMILES string of the molecule is CC(=O)c1ccc(Nc2nccc(-c3ccc(OC4CCOCC4)c(C#N)c3)n2)cn1. The van der Waals surface area contributed by atoms with Gasteiger partial charge in [-0.1, -0.05) is 0 Å². The van der Waals surface area contributed by atoms with Crippen LogP contribution >= 0.6 is 0 Å². The van der Waals surface area contributed by atoms with Gasteiger partial charge in [-0.25, -0.2) is 9.97 Å². The first kappa shape index (κ1) is 20.4. The van der Waals surface area contributed by atoms with E-state index < -0.39 is 0 Å². The van der Waals surface area contributed by atoms with Crippen LogP contribution in [0.2, 0.25) is 0 Å². The zero-order valence-electron chi connectivity index (χ0n) is 17.0. The van der Waals surface area contributed by atoms with Crippen molar-refractivity contribution in [1.82, 2.24) is 15.0 Å². The Morgan fingerprint density at radius 2 is 2.03 bits per heavy atom. The van der Waals surface area contributed by atoms with Crippen molar-refractivity contribution in [2.45, 2.75) is 25.9 Å². The topological polar surface area (TPSA) is 110 Å². The van der Waals surface area contributed by atoms with Crippen LogP contribution in [0.25, 0.3) is 11.3 Å². The summed E-state index contributed by atoms with van der Waals surface area (Å²) in [5.41, 5.74) is 2.97. The van der Waals surface area contributed by atoms with Crippen molar-refractivity contribution >= 4 is 17.4 Å². The van der Waals surface area contributed by atoms with Gasteiger partial charge in [0.1, 0.15) is 23.6 Å².